The number of anilines is 1. The normalized spacial score (nSPS) is 11.5. The fourth-order valence-corrected chi connectivity index (χ4v) is 4.78. The summed E-state index contributed by atoms with van der Waals surface area (Å²) >= 11 is 6.71. The molecule has 174 valence electrons. The molecule has 3 aromatic heterocycles. The Kier molecular flexibility index (Phi) is 6.17. The van der Waals surface area contributed by atoms with Crippen molar-refractivity contribution in [3.05, 3.63) is 102 Å². The molecule has 0 radical (unpaired) electrons. The summed E-state index contributed by atoms with van der Waals surface area (Å²) < 4.78 is 23.9. The standard InChI is InChI=1S/C26H20ClN5O2S/c27-25-23(18-13-20(16-29-14-18)35(28,33)34)22-11-6-10-21(17-7-2-1-3-8-17)24(22)26(32-25)31-15-19-9-4-5-12-30-19/h1-14,16H,15H2,(H,31,32)(H2,28,33,34). The molecule has 2 aromatic carbocycles. The molecule has 0 unspecified atom stereocenters. The maximum atomic E-state index is 12.0. The number of primary sulfonamides is 1. The Hall–Kier alpha value is -3.85. The largest absolute Gasteiger partial charge is 0.364 e. The summed E-state index contributed by atoms with van der Waals surface area (Å²) in [5.74, 6) is 0.592. The molecule has 0 amide bonds. The molecule has 5 rings (SSSR count). The zero-order valence-corrected chi connectivity index (χ0v) is 20.0. The molecular formula is C26H20ClN5O2S. The van der Waals surface area contributed by atoms with E-state index < -0.39 is 10.0 Å². The van der Waals surface area contributed by atoms with Crippen molar-refractivity contribution in [1.29, 1.82) is 0 Å². The molecule has 0 fully saturated rings. The van der Waals surface area contributed by atoms with Crippen LogP contribution >= 0.6 is 11.6 Å². The zero-order valence-electron chi connectivity index (χ0n) is 18.4. The van der Waals surface area contributed by atoms with Crippen molar-refractivity contribution in [3.63, 3.8) is 0 Å². The van der Waals surface area contributed by atoms with Gasteiger partial charge in [-0.05, 0) is 34.7 Å². The minimum absolute atomic E-state index is 0.101. The van der Waals surface area contributed by atoms with Crippen LogP contribution < -0.4 is 10.5 Å². The highest BCUT2D eigenvalue weighted by Crippen LogP contribution is 2.41. The predicted octanol–water partition coefficient (Wildman–Crippen LogP) is 5.27. The number of hydrogen-bond acceptors (Lipinski definition) is 6. The van der Waals surface area contributed by atoms with Gasteiger partial charge in [0.25, 0.3) is 0 Å². The Morgan fingerprint density at radius 2 is 1.71 bits per heavy atom. The first-order valence-electron chi connectivity index (χ1n) is 10.7. The molecule has 3 heterocycles. The van der Waals surface area contributed by atoms with Gasteiger partial charge in [-0.3, -0.25) is 9.97 Å². The third kappa shape index (κ3) is 4.72. The SMILES string of the molecule is NS(=O)(=O)c1cncc(-c2c(Cl)nc(NCc3ccccn3)c3c(-c4ccccc4)cccc23)c1. The minimum atomic E-state index is -3.94. The summed E-state index contributed by atoms with van der Waals surface area (Å²) in [6, 6.07) is 23.0. The maximum absolute atomic E-state index is 12.0. The third-order valence-electron chi connectivity index (χ3n) is 5.57. The highest BCUT2D eigenvalue weighted by atomic mass is 35.5. The van der Waals surface area contributed by atoms with Crippen molar-refractivity contribution < 1.29 is 8.42 Å². The molecular weight excluding hydrogens is 482 g/mol. The number of aromatic nitrogens is 3. The molecule has 5 aromatic rings. The van der Waals surface area contributed by atoms with Gasteiger partial charge in [-0.2, -0.15) is 0 Å². The summed E-state index contributed by atoms with van der Waals surface area (Å²) in [5, 5.41) is 10.6. The van der Waals surface area contributed by atoms with Gasteiger partial charge in [-0.25, -0.2) is 18.5 Å². The van der Waals surface area contributed by atoms with E-state index in [0.717, 1.165) is 27.6 Å². The first kappa shape index (κ1) is 22.9. The Morgan fingerprint density at radius 1 is 0.914 bits per heavy atom. The van der Waals surface area contributed by atoms with Gasteiger partial charge < -0.3 is 5.32 Å². The maximum Gasteiger partial charge on any atom is 0.239 e. The molecule has 0 saturated heterocycles. The Bertz CT molecular complexity index is 1630. The number of halogens is 1. The number of nitrogens with one attached hydrogen (secondary N) is 1. The van der Waals surface area contributed by atoms with Crippen LogP contribution in [0.25, 0.3) is 33.0 Å². The zero-order chi connectivity index (χ0) is 24.4. The summed E-state index contributed by atoms with van der Waals surface area (Å²) in [7, 11) is -3.94. The second-order valence-electron chi connectivity index (χ2n) is 7.85. The number of sulfonamides is 1. The van der Waals surface area contributed by atoms with E-state index in [2.05, 4.69) is 20.3 Å². The molecule has 0 aliphatic carbocycles. The van der Waals surface area contributed by atoms with Crippen LogP contribution in [-0.4, -0.2) is 23.4 Å². The van der Waals surface area contributed by atoms with Crippen molar-refractivity contribution in [3.8, 4) is 22.3 Å². The second kappa shape index (κ2) is 9.42. The van der Waals surface area contributed by atoms with Gasteiger partial charge in [0.1, 0.15) is 15.9 Å². The molecule has 0 saturated carbocycles. The molecule has 0 aliphatic rings. The van der Waals surface area contributed by atoms with Gasteiger partial charge in [0.05, 0.1) is 12.2 Å². The molecule has 0 bridgehead atoms. The van der Waals surface area contributed by atoms with Crippen LogP contribution in [0.3, 0.4) is 0 Å². The lowest BCUT2D eigenvalue weighted by molar-refractivity contribution is 0.597. The van der Waals surface area contributed by atoms with Crippen LogP contribution in [0.5, 0.6) is 0 Å². The molecule has 35 heavy (non-hydrogen) atoms. The molecule has 0 spiro atoms. The molecule has 7 nitrogen and oxygen atoms in total. The van der Waals surface area contributed by atoms with Crippen molar-refractivity contribution in [1.82, 2.24) is 15.0 Å². The second-order valence-corrected chi connectivity index (χ2v) is 9.77. The first-order valence-corrected chi connectivity index (χ1v) is 12.6. The minimum Gasteiger partial charge on any atom is -0.364 e. The lowest BCUT2D eigenvalue weighted by Crippen LogP contribution is -2.12. The van der Waals surface area contributed by atoms with Gasteiger partial charge in [-0.1, -0.05) is 66.2 Å². The number of fused-ring (bicyclic) bond motifs is 1. The van der Waals surface area contributed by atoms with E-state index in [1.807, 2.05) is 66.7 Å². The van der Waals surface area contributed by atoms with Crippen LogP contribution in [0.15, 0.2) is 96.3 Å². The van der Waals surface area contributed by atoms with E-state index in [9.17, 15) is 8.42 Å². The summed E-state index contributed by atoms with van der Waals surface area (Å²) in [6.45, 7) is 0.449. The van der Waals surface area contributed by atoms with E-state index in [0.29, 0.717) is 23.5 Å². The van der Waals surface area contributed by atoms with Crippen molar-refractivity contribution >= 4 is 38.2 Å². The quantitative estimate of drug-likeness (QED) is 0.306. The average molecular weight is 502 g/mol. The molecule has 3 N–H and O–H groups in total. The van der Waals surface area contributed by atoms with Crippen molar-refractivity contribution in [2.45, 2.75) is 11.4 Å². The van der Waals surface area contributed by atoms with Gasteiger partial charge in [-0.15, -0.1) is 0 Å². The van der Waals surface area contributed by atoms with Crippen molar-refractivity contribution in [2.24, 2.45) is 5.14 Å². The Balaban J connectivity index is 1.75. The monoisotopic (exact) mass is 501 g/mol. The van der Waals surface area contributed by atoms with E-state index in [1.165, 1.54) is 12.3 Å². The number of pyridine rings is 3. The van der Waals surface area contributed by atoms with Crippen LogP contribution in [0.1, 0.15) is 5.69 Å². The van der Waals surface area contributed by atoms with E-state index in [4.69, 9.17) is 16.7 Å². The van der Waals surface area contributed by atoms with E-state index >= 15 is 0 Å². The van der Waals surface area contributed by atoms with Crippen LogP contribution in [0.2, 0.25) is 5.15 Å². The topological polar surface area (TPSA) is 111 Å². The van der Waals surface area contributed by atoms with Gasteiger partial charge in [0.15, 0.2) is 0 Å². The Labute approximate surface area is 207 Å². The fraction of sp³-hybridized carbons (Fsp3) is 0.0385. The number of benzene rings is 2. The van der Waals surface area contributed by atoms with Crippen molar-refractivity contribution in [2.75, 3.05) is 5.32 Å². The molecule has 0 aliphatic heterocycles. The predicted molar refractivity (Wildman–Crippen MR) is 138 cm³/mol. The smallest absolute Gasteiger partial charge is 0.239 e. The van der Waals surface area contributed by atoms with Crippen LogP contribution in [0.4, 0.5) is 5.82 Å². The summed E-state index contributed by atoms with van der Waals surface area (Å²) in [6.07, 6.45) is 4.49. The van der Waals surface area contributed by atoms with E-state index in [1.54, 1.807) is 12.4 Å². The van der Waals surface area contributed by atoms with Gasteiger partial charge >= 0.3 is 0 Å². The van der Waals surface area contributed by atoms with Gasteiger partial charge in [0, 0.05) is 35.1 Å². The highest BCUT2D eigenvalue weighted by molar-refractivity contribution is 7.89. The van der Waals surface area contributed by atoms with Crippen LogP contribution in [-0.2, 0) is 16.6 Å². The molecule has 9 heteroatoms. The summed E-state index contributed by atoms with van der Waals surface area (Å²) in [4.78, 5) is 13.0. The number of nitrogens with zero attached hydrogens (tertiary/aromatic N) is 3. The van der Waals surface area contributed by atoms with Crippen LogP contribution in [0, 0.1) is 0 Å². The fourth-order valence-electron chi connectivity index (χ4n) is 3.99. The lowest BCUT2D eigenvalue weighted by Gasteiger charge is -2.17. The average Bonchev–Trinajstić information content (AvgIpc) is 2.87. The Morgan fingerprint density at radius 3 is 2.46 bits per heavy atom. The summed E-state index contributed by atoms with van der Waals surface area (Å²) in [5.41, 5.74) is 3.88. The lowest BCUT2D eigenvalue weighted by atomic mass is 9.94. The molecule has 0 atom stereocenters. The third-order valence-corrected chi connectivity index (χ3v) is 6.72. The van der Waals surface area contributed by atoms with Gasteiger partial charge in [0.2, 0.25) is 10.0 Å². The first-order chi connectivity index (χ1) is 16.9. The number of hydrogen-bond donors (Lipinski definition) is 2. The highest BCUT2D eigenvalue weighted by Gasteiger charge is 2.19. The number of rotatable bonds is 6. The van der Waals surface area contributed by atoms with E-state index in [-0.39, 0.29) is 10.0 Å². The number of nitrogens with two attached hydrogens (primary N) is 1.